The molecule has 2 aromatic carbocycles. The molecule has 4 rings (SSSR count). The van der Waals surface area contributed by atoms with Gasteiger partial charge in [0.1, 0.15) is 17.7 Å². The summed E-state index contributed by atoms with van der Waals surface area (Å²) in [5.74, 6) is -0.226. The van der Waals surface area contributed by atoms with Crippen molar-refractivity contribution in [2.45, 2.75) is 0 Å². The molecule has 6 heteroatoms. The lowest BCUT2D eigenvalue weighted by Crippen LogP contribution is -2.00. The van der Waals surface area contributed by atoms with Crippen LogP contribution in [0.25, 0.3) is 27.8 Å². The number of hydrogen-bond donors (Lipinski definition) is 1. The molecule has 0 aliphatic rings. The van der Waals surface area contributed by atoms with E-state index in [1.54, 1.807) is 16.8 Å². The number of anilines is 1. The van der Waals surface area contributed by atoms with Crippen molar-refractivity contribution < 1.29 is 4.39 Å². The van der Waals surface area contributed by atoms with Gasteiger partial charge in [0.25, 0.3) is 0 Å². The average molecular weight is 331 g/mol. The SMILES string of the molecule is Cn1ccc2ccc(-n3nc(N)cc3-c3ccc(C#N)c(F)c3)cc21. The van der Waals surface area contributed by atoms with E-state index >= 15 is 0 Å². The van der Waals surface area contributed by atoms with Gasteiger partial charge in [-0.05, 0) is 35.7 Å². The lowest BCUT2D eigenvalue weighted by molar-refractivity contribution is 0.624. The Morgan fingerprint density at radius 3 is 2.72 bits per heavy atom. The van der Waals surface area contributed by atoms with Gasteiger partial charge in [-0.2, -0.15) is 10.4 Å². The Hall–Kier alpha value is -3.59. The topological polar surface area (TPSA) is 72.6 Å². The van der Waals surface area contributed by atoms with Crippen LogP contribution in [0.15, 0.2) is 54.7 Å². The lowest BCUT2D eigenvalue weighted by atomic mass is 10.1. The number of fused-ring (bicyclic) bond motifs is 1. The van der Waals surface area contributed by atoms with Crippen molar-refractivity contribution in [1.29, 1.82) is 5.26 Å². The molecule has 2 heterocycles. The van der Waals surface area contributed by atoms with Crippen LogP contribution < -0.4 is 5.73 Å². The van der Waals surface area contributed by atoms with Crippen molar-refractivity contribution in [3.63, 3.8) is 0 Å². The van der Waals surface area contributed by atoms with Gasteiger partial charge >= 0.3 is 0 Å². The molecule has 0 saturated heterocycles. The van der Waals surface area contributed by atoms with Gasteiger partial charge in [0.15, 0.2) is 0 Å². The Morgan fingerprint density at radius 1 is 1.12 bits per heavy atom. The van der Waals surface area contributed by atoms with Crippen molar-refractivity contribution in [2.75, 3.05) is 5.73 Å². The second-order valence-corrected chi connectivity index (χ2v) is 5.84. The van der Waals surface area contributed by atoms with Crippen molar-refractivity contribution in [1.82, 2.24) is 14.3 Å². The van der Waals surface area contributed by atoms with Crippen LogP contribution in [0.5, 0.6) is 0 Å². The summed E-state index contributed by atoms with van der Waals surface area (Å²) in [4.78, 5) is 0. The van der Waals surface area contributed by atoms with Gasteiger partial charge in [0.05, 0.1) is 16.9 Å². The van der Waals surface area contributed by atoms with E-state index in [0.29, 0.717) is 17.1 Å². The fourth-order valence-corrected chi connectivity index (χ4v) is 2.95. The van der Waals surface area contributed by atoms with Crippen LogP contribution in [0.3, 0.4) is 0 Å². The molecule has 0 bridgehead atoms. The predicted octanol–water partition coefficient (Wildman–Crippen LogP) is 3.62. The molecule has 0 saturated carbocycles. The molecular weight excluding hydrogens is 317 g/mol. The number of aryl methyl sites for hydroxylation is 1. The monoisotopic (exact) mass is 331 g/mol. The second-order valence-electron chi connectivity index (χ2n) is 5.84. The number of benzene rings is 2. The first-order valence-corrected chi connectivity index (χ1v) is 7.68. The minimum absolute atomic E-state index is 0.00742. The summed E-state index contributed by atoms with van der Waals surface area (Å²) in [5, 5.41) is 14.4. The lowest BCUT2D eigenvalue weighted by Gasteiger charge is -2.09. The summed E-state index contributed by atoms with van der Waals surface area (Å²) in [7, 11) is 1.97. The number of nitrogens with two attached hydrogens (primary N) is 1. The molecule has 4 aromatic rings. The highest BCUT2D eigenvalue weighted by atomic mass is 19.1. The van der Waals surface area contributed by atoms with E-state index in [1.165, 1.54) is 12.1 Å². The third-order valence-corrected chi connectivity index (χ3v) is 4.23. The zero-order valence-electron chi connectivity index (χ0n) is 13.4. The zero-order valence-corrected chi connectivity index (χ0v) is 13.4. The van der Waals surface area contributed by atoms with Gasteiger partial charge in [0, 0.05) is 30.4 Å². The minimum Gasteiger partial charge on any atom is -0.382 e. The zero-order chi connectivity index (χ0) is 17.6. The third kappa shape index (κ3) is 2.42. The molecule has 0 fully saturated rings. The molecule has 0 unspecified atom stereocenters. The number of nitrogens with zero attached hydrogens (tertiary/aromatic N) is 4. The molecule has 0 amide bonds. The smallest absolute Gasteiger partial charge is 0.146 e. The Morgan fingerprint density at radius 2 is 1.96 bits per heavy atom. The Kier molecular flexibility index (Phi) is 3.29. The first-order valence-electron chi connectivity index (χ1n) is 7.68. The quantitative estimate of drug-likeness (QED) is 0.610. The van der Waals surface area contributed by atoms with E-state index in [1.807, 2.05) is 48.1 Å². The first kappa shape index (κ1) is 15.0. The molecular formula is C19H14FN5. The molecule has 0 aliphatic carbocycles. The molecule has 2 N–H and O–H groups in total. The van der Waals surface area contributed by atoms with Crippen LogP contribution in [0.1, 0.15) is 5.56 Å². The molecule has 122 valence electrons. The van der Waals surface area contributed by atoms with Crippen LogP contribution >= 0.6 is 0 Å². The third-order valence-electron chi connectivity index (χ3n) is 4.23. The van der Waals surface area contributed by atoms with Crippen molar-refractivity contribution in [3.8, 4) is 23.0 Å². The van der Waals surface area contributed by atoms with Crippen LogP contribution in [0.4, 0.5) is 10.2 Å². The van der Waals surface area contributed by atoms with Crippen LogP contribution in [0, 0.1) is 17.1 Å². The van der Waals surface area contributed by atoms with E-state index in [-0.39, 0.29) is 5.56 Å². The minimum atomic E-state index is -0.566. The summed E-state index contributed by atoms with van der Waals surface area (Å²) in [6.45, 7) is 0. The van der Waals surface area contributed by atoms with Crippen molar-refractivity contribution in [3.05, 3.63) is 66.1 Å². The van der Waals surface area contributed by atoms with Crippen molar-refractivity contribution in [2.24, 2.45) is 7.05 Å². The standard InChI is InChI=1S/C19H14FN5/c1-24-7-6-12-4-5-15(9-17(12)24)25-18(10-19(22)23-25)13-2-3-14(11-21)16(20)8-13/h2-10H,1H3,(H2,22,23). The Balaban J connectivity index is 1.90. The van der Waals surface area contributed by atoms with Gasteiger partial charge < -0.3 is 10.3 Å². The van der Waals surface area contributed by atoms with Crippen LogP contribution in [0.2, 0.25) is 0 Å². The van der Waals surface area contributed by atoms with E-state index < -0.39 is 5.82 Å². The summed E-state index contributed by atoms with van der Waals surface area (Å²) < 4.78 is 17.7. The summed E-state index contributed by atoms with van der Waals surface area (Å²) >= 11 is 0. The van der Waals surface area contributed by atoms with Gasteiger partial charge in [-0.25, -0.2) is 9.07 Å². The molecule has 5 nitrogen and oxygen atoms in total. The fraction of sp³-hybridized carbons (Fsp3) is 0.0526. The second kappa shape index (κ2) is 5.49. The van der Waals surface area contributed by atoms with E-state index in [4.69, 9.17) is 11.0 Å². The molecule has 0 radical (unpaired) electrons. The Labute approximate surface area is 143 Å². The maximum atomic E-state index is 14.0. The molecule has 25 heavy (non-hydrogen) atoms. The number of hydrogen-bond acceptors (Lipinski definition) is 3. The van der Waals surface area contributed by atoms with Crippen LogP contribution in [-0.2, 0) is 7.05 Å². The van der Waals surface area contributed by atoms with Gasteiger partial charge in [-0.3, -0.25) is 0 Å². The molecule has 0 atom stereocenters. The fourth-order valence-electron chi connectivity index (χ4n) is 2.95. The number of halogens is 1. The van der Waals surface area contributed by atoms with Gasteiger partial charge in [0.2, 0.25) is 0 Å². The predicted molar refractivity (Wildman–Crippen MR) is 94.6 cm³/mol. The highest BCUT2D eigenvalue weighted by molar-refractivity contribution is 5.82. The molecule has 0 aliphatic heterocycles. The maximum Gasteiger partial charge on any atom is 0.146 e. The molecule has 2 aromatic heterocycles. The summed E-state index contributed by atoms with van der Waals surface area (Å²) in [5.41, 5.74) is 9.04. The van der Waals surface area contributed by atoms with Gasteiger partial charge in [-0.1, -0.05) is 12.1 Å². The molecule has 0 spiro atoms. The highest BCUT2D eigenvalue weighted by Gasteiger charge is 2.13. The van der Waals surface area contributed by atoms with Crippen LogP contribution in [-0.4, -0.2) is 14.3 Å². The number of rotatable bonds is 2. The normalized spacial score (nSPS) is 10.9. The van der Waals surface area contributed by atoms with E-state index in [9.17, 15) is 4.39 Å². The summed E-state index contributed by atoms with van der Waals surface area (Å²) in [6, 6.07) is 16.0. The largest absolute Gasteiger partial charge is 0.382 e. The average Bonchev–Trinajstić information content (AvgIpc) is 3.18. The highest BCUT2D eigenvalue weighted by Crippen LogP contribution is 2.28. The first-order chi connectivity index (χ1) is 12.1. The van der Waals surface area contributed by atoms with Gasteiger partial charge in [-0.15, -0.1) is 0 Å². The summed E-state index contributed by atoms with van der Waals surface area (Å²) in [6.07, 6.45) is 1.99. The van der Waals surface area contributed by atoms with Crippen molar-refractivity contribution >= 4 is 16.7 Å². The number of aromatic nitrogens is 3. The number of nitrogen functional groups attached to an aromatic ring is 1. The maximum absolute atomic E-state index is 14.0. The van der Waals surface area contributed by atoms with E-state index in [0.717, 1.165) is 16.6 Å². The number of nitriles is 1. The Bertz CT molecular complexity index is 1150. The van der Waals surface area contributed by atoms with E-state index in [2.05, 4.69) is 5.10 Å².